The Morgan fingerprint density at radius 2 is 1.69 bits per heavy atom. The lowest BCUT2D eigenvalue weighted by Gasteiger charge is -2.33. The Balaban J connectivity index is 2.12. The van der Waals surface area contributed by atoms with Crippen LogP contribution >= 0.6 is 0 Å². The second kappa shape index (κ2) is 7.16. The number of aromatic hydroxyl groups is 2. The smallest absolute Gasteiger partial charge is 0.130 e. The fourth-order valence-corrected chi connectivity index (χ4v) is 4.70. The molecule has 0 amide bonds. The van der Waals surface area contributed by atoms with Gasteiger partial charge in [0.1, 0.15) is 23.0 Å². The summed E-state index contributed by atoms with van der Waals surface area (Å²) in [7, 11) is 3.22. The SMILES string of the molecule is COc1cc(O)c(-c2ccc(OC)c3c(O)cc(C)cc23)c2c1[C@@H](C)N[C@H](C)C2. The molecule has 2 atom stereocenters. The normalized spacial score (nSPS) is 18.5. The summed E-state index contributed by atoms with van der Waals surface area (Å²) in [5.74, 6) is 1.63. The largest absolute Gasteiger partial charge is 0.507 e. The van der Waals surface area contributed by atoms with Crippen molar-refractivity contribution in [2.45, 2.75) is 39.3 Å². The van der Waals surface area contributed by atoms with Gasteiger partial charge in [-0.25, -0.2) is 0 Å². The molecule has 3 aromatic rings. The third-order valence-electron chi connectivity index (χ3n) is 5.80. The highest BCUT2D eigenvalue weighted by atomic mass is 16.5. The third-order valence-corrected chi connectivity index (χ3v) is 5.80. The lowest BCUT2D eigenvalue weighted by molar-refractivity contribution is 0.377. The third kappa shape index (κ3) is 3.06. The topological polar surface area (TPSA) is 71.0 Å². The van der Waals surface area contributed by atoms with E-state index >= 15 is 0 Å². The highest BCUT2D eigenvalue weighted by molar-refractivity contribution is 6.05. The van der Waals surface area contributed by atoms with Crippen LogP contribution in [-0.2, 0) is 6.42 Å². The van der Waals surface area contributed by atoms with Crippen molar-refractivity contribution < 1.29 is 19.7 Å². The zero-order chi connectivity index (χ0) is 20.9. The van der Waals surface area contributed by atoms with Gasteiger partial charge in [-0.2, -0.15) is 0 Å². The Bertz CT molecular complexity index is 1110. The molecule has 3 aromatic carbocycles. The number of rotatable bonds is 3. The molecule has 0 aromatic heterocycles. The van der Waals surface area contributed by atoms with Gasteiger partial charge in [-0.15, -0.1) is 0 Å². The first-order valence-corrected chi connectivity index (χ1v) is 9.85. The van der Waals surface area contributed by atoms with E-state index in [1.54, 1.807) is 26.4 Å². The summed E-state index contributed by atoms with van der Waals surface area (Å²) in [4.78, 5) is 0. The van der Waals surface area contributed by atoms with Crippen molar-refractivity contribution in [3.63, 3.8) is 0 Å². The number of benzene rings is 3. The Labute approximate surface area is 170 Å². The van der Waals surface area contributed by atoms with Gasteiger partial charge in [0, 0.05) is 29.3 Å². The second-order valence-electron chi connectivity index (χ2n) is 7.88. The fourth-order valence-electron chi connectivity index (χ4n) is 4.70. The first-order chi connectivity index (χ1) is 13.8. The zero-order valence-electron chi connectivity index (χ0n) is 17.5. The Hall–Kier alpha value is -2.92. The van der Waals surface area contributed by atoms with Crippen molar-refractivity contribution in [2.75, 3.05) is 14.2 Å². The molecule has 4 rings (SSSR count). The van der Waals surface area contributed by atoms with Gasteiger partial charge in [-0.1, -0.05) is 6.07 Å². The molecule has 0 bridgehead atoms. The van der Waals surface area contributed by atoms with Crippen LogP contribution in [0.15, 0.2) is 30.3 Å². The molecule has 3 N–H and O–H groups in total. The van der Waals surface area contributed by atoms with E-state index in [9.17, 15) is 10.2 Å². The van der Waals surface area contributed by atoms with Crippen molar-refractivity contribution in [3.8, 4) is 34.1 Å². The monoisotopic (exact) mass is 393 g/mol. The van der Waals surface area contributed by atoms with Gasteiger partial charge in [0.25, 0.3) is 0 Å². The van der Waals surface area contributed by atoms with Crippen LogP contribution in [0.2, 0.25) is 0 Å². The average Bonchev–Trinajstić information content (AvgIpc) is 2.66. The van der Waals surface area contributed by atoms with Gasteiger partial charge in [-0.3, -0.25) is 0 Å². The second-order valence-corrected chi connectivity index (χ2v) is 7.88. The van der Waals surface area contributed by atoms with Gasteiger partial charge in [0.05, 0.1) is 19.6 Å². The number of ether oxygens (including phenoxy) is 2. The number of phenols is 2. The van der Waals surface area contributed by atoms with E-state index in [2.05, 4.69) is 19.2 Å². The molecule has 0 fully saturated rings. The minimum atomic E-state index is 0.0997. The van der Waals surface area contributed by atoms with Crippen LogP contribution in [0.4, 0.5) is 0 Å². The lowest BCUT2D eigenvalue weighted by atomic mass is 9.83. The first-order valence-electron chi connectivity index (χ1n) is 9.85. The molecular formula is C24H27NO4. The van der Waals surface area contributed by atoms with Crippen molar-refractivity contribution >= 4 is 10.8 Å². The van der Waals surface area contributed by atoms with Crippen molar-refractivity contribution in [3.05, 3.63) is 47.0 Å². The highest BCUT2D eigenvalue weighted by Crippen LogP contribution is 2.48. The number of nitrogens with one attached hydrogen (secondary N) is 1. The minimum Gasteiger partial charge on any atom is -0.507 e. The van der Waals surface area contributed by atoms with E-state index in [1.165, 1.54) is 0 Å². The van der Waals surface area contributed by atoms with Crippen LogP contribution in [0, 0.1) is 6.92 Å². The molecule has 0 radical (unpaired) electrons. The molecule has 1 aliphatic heterocycles. The van der Waals surface area contributed by atoms with E-state index in [-0.39, 0.29) is 23.6 Å². The summed E-state index contributed by atoms with van der Waals surface area (Å²) in [5, 5.41) is 26.7. The van der Waals surface area contributed by atoms with Gasteiger partial charge in [0.15, 0.2) is 0 Å². The molecule has 0 spiro atoms. The quantitative estimate of drug-likeness (QED) is 0.594. The van der Waals surface area contributed by atoms with Gasteiger partial charge < -0.3 is 25.0 Å². The summed E-state index contributed by atoms with van der Waals surface area (Å²) in [6, 6.07) is 9.61. The number of phenolic OH excluding ortho intramolecular Hbond substituents is 2. The fraction of sp³-hybridized carbons (Fsp3) is 0.333. The summed E-state index contributed by atoms with van der Waals surface area (Å²) < 4.78 is 11.1. The molecule has 29 heavy (non-hydrogen) atoms. The van der Waals surface area contributed by atoms with Gasteiger partial charge in [0.2, 0.25) is 0 Å². The number of methoxy groups -OCH3 is 2. The van der Waals surface area contributed by atoms with E-state index in [1.807, 2.05) is 25.1 Å². The maximum atomic E-state index is 11.0. The van der Waals surface area contributed by atoms with E-state index < -0.39 is 0 Å². The Morgan fingerprint density at radius 3 is 2.38 bits per heavy atom. The maximum absolute atomic E-state index is 11.0. The van der Waals surface area contributed by atoms with Crippen molar-refractivity contribution in [1.82, 2.24) is 5.32 Å². The summed E-state index contributed by atoms with van der Waals surface area (Å²) in [6.45, 7) is 6.20. The lowest BCUT2D eigenvalue weighted by Crippen LogP contribution is -2.36. The van der Waals surface area contributed by atoms with E-state index in [4.69, 9.17) is 9.47 Å². The number of fused-ring (bicyclic) bond motifs is 2. The minimum absolute atomic E-state index is 0.0997. The number of aryl methyl sites for hydroxylation is 1. The van der Waals surface area contributed by atoms with Crippen LogP contribution < -0.4 is 14.8 Å². The molecule has 152 valence electrons. The average molecular weight is 393 g/mol. The van der Waals surface area contributed by atoms with Gasteiger partial charge >= 0.3 is 0 Å². The van der Waals surface area contributed by atoms with Crippen LogP contribution in [0.1, 0.15) is 36.6 Å². The standard InChI is InChI=1S/C24H27NO4/c1-12-8-16-15(6-7-20(28-4)24(16)18(26)9-12)23-17-10-13(2)25-14(3)22(17)21(29-5)11-19(23)27/h6-9,11,13-14,25-27H,10H2,1-5H3/t13-,14-/m1/s1. The number of hydrogen-bond acceptors (Lipinski definition) is 5. The zero-order valence-corrected chi connectivity index (χ0v) is 17.5. The predicted octanol–water partition coefficient (Wildman–Crippen LogP) is 4.84. The summed E-state index contributed by atoms with van der Waals surface area (Å²) in [5.41, 5.74) is 4.75. The molecular weight excluding hydrogens is 366 g/mol. The molecule has 1 heterocycles. The van der Waals surface area contributed by atoms with E-state index in [0.29, 0.717) is 16.9 Å². The highest BCUT2D eigenvalue weighted by Gasteiger charge is 2.30. The van der Waals surface area contributed by atoms with E-state index in [0.717, 1.165) is 39.6 Å². The Kier molecular flexibility index (Phi) is 4.79. The number of hydrogen-bond donors (Lipinski definition) is 3. The van der Waals surface area contributed by atoms with Crippen molar-refractivity contribution in [1.29, 1.82) is 0 Å². The van der Waals surface area contributed by atoms with Crippen LogP contribution in [0.5, 0.6) is 23.0 Å². The molecule has 5 nitrogen and oxygen atoms in total. The van der Waals surface area contributed by atoms with Crippen LogP contribution in [0.25, 0.3) is 21.9 Å². The van der Waals surface area contributed by atoms with Crippen molar-refractivity contribution in [2.24, 2.45) is 0 Å². The molecule has 1 aliphatic rings. The summed E-state index contributed by atoms with van der Waals surface area (Å²) in [6.07, 6.45) is 0.769. The van der Waals surface area contributed by atoms with Crippen LogP contribution in [0.3, 0.4) is 0 Å². The van der Waals surface area contributed by atoms with Gasteiger partial charge in [-0.05, 0) is 67.5 Å². The molecule has 0 aliphatic carbocycles. The molecule has 5 heteroatoms. The van der Waals surface area contributed by atoms with Crippen LogP contribution in [-0.4, -0.2) is 30.5 Å². The maximum Gasteiger partial charge on any atom is 0.130 e. The Morgan fingerprint density at radius 1 is 0.966 bits per heavy atom. The molecule has 0 saturated carbocycles. The molecule has 0 saturated heterocycles. The first kappa shape index (κ1) is 19.4. The predicted molar refractivity (Wildman–Crippen MR) is 115 cm³/mol. The summed E-state index contributed by atoms with van der Waals surface area (Å²) >= 11 is 0. The molecule has 0 unspecified atom stereocenters.